The molecule has 0 aliphatic carbocycles. The fourth-order valence-corrected chi connectivity index (χ4v) is 2.16. The first-order valence-corrected chi connectivity index (χ1v) is 8.16. The van der Waals surface area contributed by atoms with Crippen molar-refractivity contribution in [1.82, 2.24) is 5.32 Å². The Balaban J connectivity index is 2.33. The Morgan fingerprint density at radius 1 is 1.26 bits per heavy atom. The molecule has 0 fully saturated rings. The van der Waals surface area contributed by atoms with Gasteiger partial charge < -0.3 is 20.1 Å². The van der Waals surface area contributed by atoms with E-state index in [2.05, 4.69) is 10.6 Å². The molecule has 6 heteroatoms. The number of nitrogens with one attached hydrogen (secondary N) is 2. The maximum atomic E-state index is 11.6. The van der Waals surface area contributed by atoms with E-state index in [9.17, 15) is 4.79 Å². The van der Waals surface area contributed by atoms with Gasteiger partial charge in [-0.15, -0.1) is 0 Å². The van der Waals surface area contributed by atoms with Crippen LogP contribution in [-0.4, -0.2) is 38.0 Å². The number of amides is 1. The summed E-state index contributed by atoms with van der Waals surface area (Å²) >= 11 is 5.88. The number of hydrogen-bond acceptors (Lipinski definition) is 4. The third kappa shape index (κ3) is 9.31. The minimum absolute atomic E-state index is 0.168. The van der Waals surface area contributed by atoms with Gasteiger partial charge in [0, 0.05) is 30.4 Å². The summed E-state index contributed by atoms with van der Waals surface area (Å²) in [7, 11) is 1.68. The molecule has 2 N–H and O–H groups in total. The van der Waals surface area contributed by atoms with Crippen LogP contribution in [0.4, 0.5) is 10.5 Å². The van der Waals surface area contributed by atoms with Crippen molar-refractivity contribution in [2.24, 2.45) is 0 Å². The Hall–Kier alpha value is -1.46. The molecule has 0 saturated carbocycles. The molecule has 0 bridgehead atoms. The van der Waals surface area contributed by atoms with E-state index in [1.54, 1.807) is 7.11 Å². The highest BCUT2D eigenvalue weighted by Gasteiger charge is 2.15. The Bertz CT molecular complexity index is 472. The number of carbonyl (C=O) groups excluding carboxylic acids is 1. The molecule has 1 aromatic carbocycles. The van der Waals surface area contributed by atoms with Gasteiger partial charge in [-0.05, 0) is 57.9 Å². The standard InChI is InChI=1S/C17H27ClN2O3/c1-17(2,3)23-16(21)19-11-5-6-15(12-22-4)20-14-9-7-13(18)8-10-14/h7-10,15,20H,5-6,11-12H2,1-4H3,(H,19,21). The zero-order valence-electron chi connectivity index (χ0n) is 14.3. The molecule has 0 aliphatic heterocycles. The van der Waals surface area contributed by atoms with Gasteiger partial charge in [-0.2, -0.15) is 0 Å². The number of halogens is 1. The minimum atomic E-state index is -0.473. The Morgan fingerprint density at radius 2 is 1.91 bits per heavy atom. The van der Waals surface area contributed by atoms with Crippen molar-refractivity contribution in [1.29, 1.82) is 0 Å². The van der Waals surface area contributed by atoms with Crippen LogP contribution in [-0.2, 0) is 9.47 Å². The highest BCUT2D eigenvalue weighted by molar-refractivity contribution is 6.30. The molecule has 0 heterocycles. The molecule has 0 aromatic heterocycles. The molecule has 0 saturated heterocycles. The first-order valence-electron chi connectivity index (χ1n) is 7.78. The van der Waals surface area contributed by atoms with Crippen LogP contribution >= 0.6 is 11.6 Å². The SMILES string of the molecule is COCC(CCCNC(=O)OC(C)(C)C)Nc1ccc(Cl)cc1. The number of benzene rings is 1. The molecule has 1 unspecified atom stereocenters. The summed E-state index contributed by atoms with van der Waals surface area (Å²) in [5.41, 5.74) is 0.523. The van der Waals surface area contributed by atoms with Crippen LogP contribution in [0.1, 0.15) is 33.6 Å². The molecule has 1 atom stereocenters. The van der Waals surface area contributed by atoms with Gasteiger partial charge in [0.1, 0.15) is 5.60 Å². The second kappa shape index (κ2) is 9.63. The number of carbonyl (C=O) groups is 1. The molecule has 23 heavy (non-hydrogen) atoms. The predicted molar refractivity (Wildman–Crippen MR) is 94.2 cm³/mol. The zero-order chi connectivity index (χ0) is 17.3. The van der Waals surface area contributed by atoms with Gasteiger partial charge in [0.05, 0.1) is 6.61 Å². The van der Waals surface area contributed by atoms with Gasteiger partial charge >= 0.3 is 6.09 Å². The van der Waals surface area contributed by atoms with Crippen LogP contribution in [0.5, 0.6) is 0 Å². The smallest absolute Gasteiger partial charge is 0.407 e. The molecule has 1 rings (SSSR count). The third-order valence-electron chi connectivity index (χ3n) is 2.98. The van der Waals surface area contributed by atoms with Crippen LogP contribution in [0.2, 0.25) is 5.02 Å². The molecule has 130 valence electrons. The number of ether oxygens (including phenoxy) is 2. The lowest BCUT2D eigenvalue weighted by atomic mass is 10.1. The lowest BCUT2D eigenvalue weighted by molar-refractivity contribution is 0.0526. The van der Waals surface area contributed by atoms with Crippen LogP contribution in [0, 0.1) is 0 Å². The number of anilines is 1. The van der Waals surface area contributed by atoms with E-state index < -0.39 is 5.60 Å². The zero-order valence-corrected chi connectivity index (χ0v) is 15.1. The highest BCUT2D eigenvalue weighted by atomic mass is 35.5. The van der Waals surface area contributed by atoms with Gasteiger partial charge in [-0.1, -0.05) is 11.6 Å². The Morgan fingerprint density at radius 3 is 2.48 bits per heavy atom. The van der Waals surface area contributed by atoms with Crippen LogP contribution in [0.15, 0.2) is 24.3 Å². The van der Waals surface area contributed by atoms with Crippen LogP contribution < -0.4 is 10.6 Å². The first kappa shape index (κ1) is 19.6. The number of methoxy groups -OCH3 is 1. The quantitative estimate of drug-likeness (QED) is 0.699. The molecular formula is C17H27ClN2O3. The summed E-state index contributed by atoms with van der Waals surface area (Å²) in [6, 6.07) is 7.73. The van der Waals surface area contributed by atoms with Gasteiger partial charge in [-0.25, -0.2) is 4.79 Å². The molecule has 5 nitrogen and oxygen atoms in total. The van der Waals surface area contributed by atoms with E-state index >= 15 is 0 Å². The number of rotatable bonds is 8. The maximum absolute atomic E-state index is 11.6. The van der Waals surface area contributed by atoms with Gasteiger partial charge in [0.25, 0.3) is 0 Å². The number of alkyl carbamates (subject to hydrolysis) is 1. The summed E-state index contributed by atoms with van der Waals surface area (Å²) in [5, 5.41) is 6.88. The van der Waals surface area contributed by atoms with Crippen molar-refractivity contribution in [2.75, 3.05) is 25.6 Å². The Kier molecular flexibility index (Phi) is 8.20. The van der Waals surface area contributed by atoms with E-state index in [1.807, 2.05) is 45.0 Å². The molecule has 0 spiro atoms. The van der Waals surface area contributed by atoms with E-state index in [1.165, 1.54) is 0 Å². The summed E-state index contributed by atoms with van der Waals surface area (Å²) < 4.78 is 10.4. The van der Waals surface area contributed by atoms with Crippen molar-refractivity contribution in [3.8, 4) is 0 Å². The average molecular weight is 343 g/mol. The lowest BCUT2D eigenvalue weighted by Crippen LogP contribution is -2.33. The van der Waals surface area contributed by atoms with Crippen molar-refractivity contribution in [3.63, 3.8) is 0 Å². The fraction of sp³-hybridized carbons (Fsp3) is 0.588. The predicted octanol–water partition coefficient (Wildman–Crippen LogP) is 4.07. The molecule has 0 aliphatic rings. The fourth-order valence-electron chi connectivity index (χ4n) is 2.03. The van der Waals surface area contributed by atoms with Crippen molar-refractivity contribution < 1.29 is 14.3 Å². The van der Waals surface area contributed by atoms with E-state index in [4.69, 9.17) is 21.1 Å². The van der Waals surface area contributed by atoms with Crippen LogP contribution in [0.3, 0.4) is 0 Å². The summed E-state index contributed by atoms with van der Waals surface area (Å²) in [6.07, 6.45) is 1.31. The Labute approximate surface area is 143 Å². The van der Waals surface area contributed by atoms with E-state index in [-0.39, 0.29) is 12.1 Å². The second-order valence-corrected chi connectivity index (χ2v) is 6.81. The normalized spacial score (nSPS) is 12.6. The summed E-state index contributed by atoms with van der Waals surface area (Å²) in [6.45, 7) is 6.69. The summed E-state index contributed by atoms with van der Waals surface area (Å²) in [4.78, 5) is 11.6. The summed E-state index contributed by atoms with van der Waals surface area (Å²) in [5.74, 6) is 0. The number of hydrogen-bond donors (Lipinski definition) is 2. The topological polar surface area (TPSA) is 59.6 Å². The van der Waals surface area contributed by atoms with Crippen molar-refractivity contribution in [3.05, 3.63) is 29.3 Å². The molecular weight excluding hydrogens is 316 g/mol. The molecule has 1 aromatic rings. The van der Waals surface area contributed by atoms with Gasteiger partial charge in [-0.3, -0.25) is 0 Å². The van der Waals surface area contributed by atoms with Crippen molar-refractivity contribution in [2.45, 2.75) is 45.3 Å². The average Bonchev–Trinajstić information content (AvgIpc) is 2.44. The van der Waals surface area contributed by atoms with Gasteiger partial charge in [0.15, 0.2) is 0 Å². The van der Waals surface area contributed by atoms with Gasteiger partial charge in [0.2, 0.25) is 0 Å². The molecule has 0 radical (unpaired) electrons. The third-order valence-corrected chi connectivity index (χ3v) is 3.23. The van der Waals surface area contributed by atoms with E-state index in [0.29, 0.717) is 18.2 Å². The van der Waals surface area contributed by atoms with E-state index in [0.717, 1.165) is 18.5 Å². The molecule has 1 amide bonds. The second-order valence-electron chi connectivity index (χ2n) is 6.37. The highest BCUT2D eigenvalue weighted by Crippen LogP contribution is 2.15. The first-order chi connectivity index (χ1) is 10.8. The monoisotopic (exact) mass is 342 g/mol. The lowest BCUT2D eigenvalue weighted by Gasteiger charge is -2.21. The van der Waals surface area contributed by atoms with Crippen molar-refractivity contribution >= 4 is 23.4 Å². The largest absolute Gasteiger partial charge is 0.444 e. The van der Waals surface area contributed by atoms with Crippen LogP contribution in [0.25, 0.3) is 0 Å². The minimum Gasteiger partial charge on any atom is -0.444 e. The maximum Gasteiger partial charge on any atom is 0.407 e.